The monoisotopic (exact) mass is 337 g/mol. The van der Waals surface area contributed by atoms with E-state index < -0.39 is 17.3 Å². The summed E-state index contributed by atoms with van der Waals surface area (Å²) in [6.45, 7) is 4.95. The molecule has 3 N–H and O–H groups in total. The van der Waals surface area contributed by atoms with Gasteiger partial charge < -0.3 is 20.5 Å². The van der Waals surface area contributed by atoms with E-state index in [0.717, 1.165) is 0 Å². The van der Waals surface area contributed by atoms with Gasteiger partial charge in [0.1, 0.15) is 29.6 Å². The first-order chi connectivity index (χ1) is 12.0. The molecule has 2 aliphatic heterocycles. The molecule has 2 aliphatic rings. The fourth-order valence-corrected chi connectivity index (χ4v) is 3.24. The van der Waals surface area contributed by atoms with Crippen LogP contribution in [0.4, 0.5) is 5.69 Å². The van der Waals surface area contributed by atoms with Gasteiger partial charge in [0, 0.05) is 11.3 Å². The Balaban J connectivity index is 2.33. The van der Waals surface area contributed by atoms with E-state index in [1.54, 1.807) is 24.3 Å². The van der Waals surface area contributed by atoms with Gasteiger partial charge in [-0.1, -0.05) is 30.9 Å². The van der Waals surface area contributed by atoms with Crippen LogP contribution in [0.3, 0.4) is 0 Å². The highest BCUT2D eigenvalue weighted by Crippen LogP contribution is 2.51. The number of allylic oxidation sites excluding steroid dienone is 1. The highest BCUT2D eigenvalue weighted by molar-refractivity contribution is 6.17. The molecule has 126 valence electrons. The Morgan fingerprint density at radius 2 is 2.24 bits per heavy atom. The largest absolute Gasteiger partial charge is 0.458 e. The predicted molar refractivity (Wildman–Crippen MR) is 88.5 cm³/mol. The van der Waals surface area contributed by atoms with Crippen molar-refractivity contribution in [1.29, 1.82) is 5.26 Å². The molecule has 0 radical (unpaired) electrons. The van der Waals surface area contributed by atoms with Gasteiger partial charge in [0.15, 0.2) is 5.41 Å². The van der Waals surface area contributed by atoms with Crippen LogP contribution in [0, 0.1) is 11.3 Å². The molecule has 7 nitrogen and oxygen atoms in total. The van der Waals surface area contributed by atoms with Crippen molar-refractivity contribution in [2.75, 3.05) is 11.9 Å². The van der Waals surface area contributed by atoms with Crippen molar-refractivity contribution in [2.24, 2.45) is 5.73 Å². The summed E-state index contributed by atoms with van der Waals surface area (Å²) in [5.41, 5.74) is 4.90. The van der Waals surface area contributed by atoms with Crippen LogP contribution in [0.15, 0.2) is 59.7 Å². The van der Waals surface area contributed by atoms with Crippen LogP contribution in [-0.2, 0) is 24.5 Å². The normalized spacial score (nSPS) is 21.4. The minimum absolute atomic E-state index is 0.0456. The van der Waals surface area contributed by atoms with Crippen LogP contribution in [0.1, 0.15) is 12.5 Å². The number of hydrogen-bond donors (Lipinski definition) is 2. The maximum absolute atomic E-state index is 13.0. The highest BCUT2D eigenvalue weighted by atomic mass is 16.5. The van der Waals surface area contributed by atoms with Crippen LogP contribution in [0.25, 0.3) is 0 Å². The number of nitrogens with two attached hydrogens (primary N) is 1. The van der Waals surface area contributed by atoms with Gasteiger partial charge in [-0.2, -0.15) is 5.26 Å². The fraction of sp³-hybridized carbons (Fsp3) is 0.167. The summed E-state index contributed by atoms with van der Waals surface area (Å²) in [6.07, 6.45) is 1.40. The maximum Gasteiger partial charge on any atom is 0.339 e. The van der Waals surface area contributed by atoms with Crippen molar-refractivity contribution in [3.63, 3.8) is 0 Å². The predicted octanol–water partition coefficient (Wildman–Crippen LogP) is 1.60. The minimum Gasteiger partial charge on any atom is -0.458 e. The summed E-state index contributed by atoms with van der Waals surface area (Å²) in [7, 11) is 0. The van der Waals surface area contributed by atoms with E-state index in [2.05, 4.69) is 11.9 Å². The molecule has 1 aromatic carbocycles. The number of fused-ring (bicyclic) bond motifs is 2. The average Bonchev–Trinajstić information content (AvgIpc) is 2.86. The third-order valence-corrected chi connectivity index (χ3v) is 4.18. The second kappa shape index (κ2) is 5.83. The summed E-state index contributed by atoms with van der Waals surface area (Å²) < 4.78 is 10.5. The molecule has 25 heavy (non-hydrogen) atoms. The SMILES string of the molecule is C=CCOC(=O)C1=C(C)OC(N)=C(C#N)[C@@]12C(=O)Nc1ccccc12. The molecule has 0 aliphatic carbocycles. The molecule has 0 fully saturated rings. The Labute approximate surface area is 144 Å². The minimum atomic E-state index is -1.70. The maximum atomic E-state index is 13.0. The first-order valence-electron chi connectivity index (χ1n) is 7.47. The van der Waals surface area contributed by atoms with Gasteiger partial charge in [-0.3, -0.25) is 4.79 Å². The Hall–Kier alpha value is -3.53. The summed E-state index contributed by atoms with van der Waals surface area (Å²) in [5, 5.41) is 12.4. The van der Waals surface area contributed by atoms with Crippen molar-refractivity contribution in [2.45, 2.75) is 12.3 Å². The lowest BCUT2D eigenvalue weighted by Gasteiger charge is -2.33. The third-order valence-electron chi connectivity index (χ3n) is 4.18. The first-order valence-corrected chi connectivity index (χ1v) is 7.47. The number of nitrogens with one attached hydrogen (secondary N) is 1. The molecule has 0 bridgehead atoms. The number of nitriles is 1. The number of anilines is 1. The van der Waals surface area contributed by atoms with Crippen molar-refractivity contribution in [3.05, 3.63) is 65.3 Å². The smallest absolute Gasteiger partial charge is 0.339 e. The topological polar surface area (TPSA) is 114 Å². The van der Waals surface area contributed by atoms with Crippen LogP contribution in [0.5, 0.6) is 0 Å². The summed E-state index contributed by atoms with van der Waals surface area (Å²) >= 11 is 0. The number of hydrogen-bond acceptors (Lipinski definition) is 6. The number of amides is 1. The van der Waals surface area contributed by atoms with Crippen molar-refractivity contribution < 1.29 is 19.1 Å². The van der Waals surface area contributed by atoms with Crippen molar-refractivity contribution in [3.8, 4) is 6.07 Å². The first kappa shape index (κ1) is 16.3. The fourth-order valence-electron chi connectivity index (χ4n) is 3.24. The number of carbonyl (C=O) groups is 2. The Morgan fingerprint density at radius 1 is 1.52 bits per heavy atom. The summed E-state index contributed by atoms with van der Waals surface area (Å²) in [5.74, 6) is -1.43. The highest BCUT2D eigenvalue weighted by Gasteiger charge is 2.59. The average molecular weight is 337 g/mol. The zero-order chi connectivity index (χ0) is 18.2. The standard InChI is InChI=1S/C18H15N3O4/c1-3-8-24-16(22)14-10(2)25-15(20)12(9-19)18(14)11-6-4-5-7-13(11)21-17(18)23/h3-7H,1,8,20H2,2H3,(H,21,23)/t18-/m1/s1. The number of ether oxygens (including phenoxy) is 2. The molecular weight excluding hydrogens is 322 g/mol. The summed E-state index contributed by atoms with van der Waals surface area (Å²) in [6, 6.07) is 8.73. The third kappa shape index (κ3) is 2.11. The number of para-hydroxylation sites is 1. The number of rotatable bonds is 3. The molecule has 2 heterocycles. The molecule has 7 heteroatoms. The molecule has 0 aromatic heterocycles. The lowest BCUT2D eigenvalue weighted by atomic mass is 9.68. The van der Waals surface area contributed by atoms with E-state index >= 15 is 0 Å². The number of esters is 1. The lowest BCUT2D eigenvalue weighted by molar-refractivity contribution is -0.140. The van der Waals surface area contributed by atoms with E-state index in [9.17, 15) is 14.9 Å². The Kier molecular flexibility index (Phi) is 3.81. The van der Waals surface area contributed by atoms with E-state index in [4.69, 9.17) is 15.2 Å². The molecule has 1 amide bonds. The van der Waals surface area contributed by atoms with E-state index in [1.165, 1.54) is 13.0 Å². The van der Waals surface area contributed by atoms with Gasteiger partial charge in [0.05, 0.1) is 0 Å². The van der Waals surface area contributed by atoms with Crippen LogP contribution in [0.2, 0.25) is 0 Å². The molecule has 0 unspecified atom stereocenters. The molecule has 1 aromatic rings. The lowest BCUT2D eigenvalue weighted by Crippen LogP contribution is -2.45. The number of nitrogens with zero attached hydrogens (tertiary/aromatic N) is 1. The number of benzene rings is 1. The van der Waals surface area contributed by atoms with Gasteiger partial charge in [-0.25, -0.2) is 4.79 Å². The van der Waals surface area contributed by atoms with E-state index in [-0.39, 0.29) is 29.4 Å². The van der Waals surface area contributed by atoms with Crippen molar-refractivity contribution >= 4 is 17.6 Å². The molecule has 0 saturated carbocycles. The van der Waals surface area contributed by atoms with E-state index in [0.29, 0.717) is 11.3 Å². The second-order valence-electron chi connectivity index (χ2n) is 5.52. The Bertz CT molecular complexity index is 907. The summed E-state index contributed by atoms with van der Waals surface area (Å²) in [4.78, 5) is 25.7. The van der Waals surface area contributed by atoms with E-state index in [1.807, 2.05) is 6.07 Å². The molecule has 3 rings (SSSR count). The van der Waals surface area contributed by atoms with Crippen molar-refractivity contribution in [1.82, 2.24) is 0 Å². The van der Waals surface area contributed by atoms with Crippen LogP contribution < -0.4 is 11.1 Å². The quantitative estimate of drug-likeness (QED) is 0.639. The van der Waals surface area contributed by atoms with Gasteiger partial charge >= 0.3 is 5.97 Å². The van der Waals surface area contributed by atoms with Gasteiger partial charge in [0.2, 0.25) is 11.8 Å². The number of carbonyl (C=O) groups excluding carboxylic acids is 2. The van der Waals surface area contributed by atoms with Crippen LogP contribution >= 0.6 is 0 Å². The zero-order valence-corrected chi connectivity index (χ0v) is 13.5. The molecular formula is C18H15N3O4. The van der Waals surface area contributed by atoms with Gasteiger partial charge in [-0.05, 0) is 13.0 Å². The van der Waals surface area contributed by atoms with Gasteiger partial charge in [0.25, 0.3) is 0 Å². The molecule has 1 spiro atoms. The second-order valence-corrected chi connectivity index (χ2v) is 5.52. The molecule has 1 atom stereocenters. The van der Waals surface area contributed by atoms with Gasteiger partial charge in [-0.15, -0.1) is 0 Å². The Morgan fingerprint density at radius 3 is 2.92 bits per heavy atom. The zero-order valence-electron chi connectivity index (χ0n) is 13.5. The molecule has 0 saturated heterocycles. The van der Waals surface area contributed by atoms with Crippen LogP contribution in [-0.4, -0.2) is 18.5 Å².